The number of piperazine rings is 1. The van der Waals surface area contributed by atoms with E-state index in [1.807, 2.05) is 25.7 Å². The van der Waals surface area contributed by atoms with Crippen LogP contribution < -0.4 is 0 Å². The Morgan fingerprint density at radius 3 is 2.17 bits per heavy atom. The number of hydrogen-bond donors (Lipinski definition) is 0. The van der Waals surface area contributed by atoms with Crippen LogP contribution >= 0.6 is 0 Å². The first kappa shape index (κ1) is 15.4. The van der Waals surface area contributed by atoms with Gasteiger partial charge in [-0.05, 0) is 32.9 Å². The summed E-state index contributed by atoms with van der Waals surface area (Å²) in [6.45, 7) is 6.81. The molecule has 0 N–H and O–H groups in total. The monoisotopic (exact) mass is 316 g/mol. The second-order valence-electron chi connectivity index (χ2n) is 6.53. The normalized spacial score (nSPS) is 20.6. The van der Waals surface area contributed by atoms with Gasteiger partial charge in [0.1, 0.15) is 12.5 Å². The van der Waals surface area contributed by atoms with Crippen molar-refractivity contribution in [1.29, 1.82) is 0 Å². The van der Waals surface area contributed by atoms with Gasteiger partial charge in [-0.25, -0.2) is 0 Å². The maximum absolute atomic E-state index is 12.7. The lowest BCUT2D eigenvalue weighted by atomic mass is 9.94. The first-order valence-electron chi connectivity index (χ1n) is 7.57. The van der Waals surface area contributed by atoms with Gasteiger partial charge in [0.15, 0.2) is 0 Å². The van der Waals surface area contributed by atoms with E-state index in [2.05, 4.69) is 0 Å². The maximum Gasteiger partial charge on any atom is 0.257 e. The molecule has 23 heavy (non-hydrogen) atoms. The van der Waals surface area contributed by atoms with Gasteiger partial charge in [-0.15, -0.1) is 0 Å². The number of hydrogen-bond acceptors (Lipinski definition) is 4. The van der Waals surface area contributed by atoms with Gasteiger partial charge in [0.2, 0.25) is 0 Å². The molecule has 1 fully saturated rings. The van der Waals surface area contributed by atoms with Crippen molar-refractivity contribution in [3.63, 3.8) is 0 Å². The molecule has 1 atom stereocenters. The van der Waals surface area contributed by atoms with Crippen LogP contribution in [0.25, 0.3) is 0 Å². The van der Waals surface area contributed by atoms with Crippen LogP contribution in [0.15, 0.2) is 46.0 Å². The number of rotatable bonds is 2. The molecule has 2 aromatic heterocycles. The SMILES string of the molecule is CC1CN(C(=O)c2ccoc2)C(C)(C)CN1C(=O)c1ccoc1. The summed E-state index contributed by atoms with van der Waals surface area (Å²) in [5.74, 6) is -0.152. The third kappa shape index (κ3) is 2.76. The topological polar surface area (TPSA) is 66.9 Å². The Labute approximate surface area is 134 Å². The average Bonchev–Trinajstić information content (AvgIpc) is 3.20. The molecule has 1 unspecified atom stereocenters. The molecule has 1 saturated heterocycles. The summed E-state index contributed by atoms with van der Waals surface area (Å²) in [5.41, 5.74) is 0.586. The fraction of sp³-hybridized carbons (Fsp3) is 0.412. The van der Waals surface area contributed by atoms with Gasteiger partial charge in [-0.1, -0.05) is 0 Å². The van der Waals surface area contributed by atoms with E-state index in [0.717, 1.165) is 0 Å². The van der Waals surface area contributed by atoms with Crippen LogP contribution in [0.2, 0.25) is 0 Å². The Morgan fingerprint density at radius 1 is 1.09 bits per heavy atom. The van der Waals surface area contributed by atoms with E-state index >= 15 is 0 Å². The molecule has 0 aromatic carbocycles. The molecule has 0 aliphatic carbocycles. The van der Waals surface area contributed by atoms with Crippen molar-refractivity contribution < 1.29 is 18.4 Å². The molecule has 122 valence electrons. The Balaban J connectivity index is 1.82. The second-order valence-corrected chi connectivity index (χ2v) is 6.53. The van der Waals surface area contributed by atoms with E-state index in [9.17, 15) is 9.59 Å². The minimum absolute atomic E-state index is 0.0743. The maximum atomic E-state index is 12.7. The Bertz CT molecular complexity index is 688. The van der Waals surface area contributed by atoms with Crippen molar-refractivity contribution in [2.75, 3.05) is 13.1 Å². The molecule has 0 saturated carbocycles. The fourth-order valence-corrected chi connectivity index (χ4v) is 2.99. The van der Waals surface area contributed by atoms with E-state index in [1.165, 1.54) is 25.1 Å². The minimum atomic E-state index is -0.472. The largest absolute Gasteiger partial charge is 0.472 e. The molecular weight excluding hydrogens is 296 g/mol. The van der Waals surface area contributed by atoms with Gasteiger partial charge < -0.3 is 18.6 Å². The van der Waals surface area contributed by atoms with Crippen LogP contribution in [-0.4, -0.2) is 46.3 Å². The fourth-order valence-electron chi connectivity index (χ4n) is 2.99. The van der Waals surface area contributed by atoms with Crippen LogP contribution in [0, 0.1) is 0 Å². The lowest BCUT2D eigenvalue weighted by molar-refractivity contribution is -0.000568. The zero-order valence-corrected chi connectivity index (χ0v) is 13.5. The molecule has 0 spiro atoms. The van der Waals surface area contributed by atoms with Gasteiger partial charge in [0, 0.05) is 19.1 Å². The lowest BCUT2D eigenvalue weighted by Crippen LogP contribution is -2.65. The van der Waals surface area contributed by atoms with Crippen molar-refractivity contribution in [3.05, 3.63) is 48.3 Å². The van der Waals surface area contributed by atoms with Crippen molar-refractivity contribution in [2.45, 2.75) is 32.4 Å². The zero-order valence-electron chi connectivity index (χ0n) is 13.5. The molecule has 6 nitrogen and oxygen atoms in total. The molecule has 1 aliphatic heterocycles. The third-order valence-electron chi connectivity index (χ3n) is 4.31. The zero-order chi connectivity index (χ0) is 16.6. The lowest BCUT2D eigenvalue weighted by Gasteiger charge is -2.50. The highest BCUT2D eigenvalue weighted by atomic mass is 16.3. The van der Waals surface area contributed by atoms with Crippen LogP contribution in [0.5, 0.6) is 0 Å². The summed E-state index contributed by atoms with van der Waals surface area (Å²) in [4.78, 5) is 28.9. The van der Waals surface area contributed by atoms with Crippen molar-refractivity contribution in [3.8, 4) is 0 Å². The van der Waals surface area contributed by atoms with Gasteiger partial charge in [0.25, 0.3) is 11.8 Å². The number of carbonyl (C=O) groups is 2. The first-order valence-corrected chi connectivity index (χ1v) is 7.57. The standard InChI is InChI=1S/C17H20N2O4/c1-12-8-19(16(21)14-5-7-23-10-14)17(2,3)11-18(12)15(20)13-4-6-22-9-13/h4-7,9-10,12H,8,11H2,1-3H3. The van der Waals surface area contributed by atoms with Crippen LogP contribution in [0.1, 0.15) is 41.5 Å². The quantitative estimate of drug-likeness (QED) is 0.854. The van der Waals surface area contributed by atoms with E-state index in [0.29, 0.717) is 24.2 Å². The Morgan fingerprint density at radius 2 is 1.65 bits per heavy atom. The molecule has 2 aromatic rings. The van der Waals surface area contributed by atoms with E-state index in [4.69, 9.17) is 8.83 Å². The summed E-state index contributed by atoms with van der Waals surface area (Å²) in [6, 6.07) is 3.23. The highest BCUT2D eigenvalue weighted by Crippen LogP contribution is 2.27. The first-order chi connectivity index (χ1) is 10.9. The Hall–Kier alpha value is -2.50. The van der Waals surface area contributed by atoms with E-state index < -0.39 is 5.54 Å². The third-order valence-corrected chi connectivity index (χ3v) is 4.31. The average molecular weight is 316 g/mol. The number of furan rings is 2. The van der Waals surface area contributed by atoms with Crippen molar-refractivity contribution in [2.24, 2.45) is 0 Å². The number of nitrogens with zero attached hydrogens (tertiary/aromatic N) is 2. The second kappa shape index (κ2) is 5.61. The number of carbonyl (C=O) groups excluding carboxylic acids is 2. The minimum Gasteiger partial charge on any atom is -0.472 e. The highest BCUT2D eigenvalue weighted by molar-refractivity contribution is 5.96. The van der Waals surface area contributed by atoms with Gasteiger partial charge in [-0.3, -0.25) is 9.59 Å². The van der Waals surface area contributed by atoms with Crippen molar-refractivity contribution >= 4 is 11.8 Å². The van der Waals surface area contributed by atoms with Crippen LogP contribution in [-0.2, 0) is 0 Å². The highest BCUT2D eigenvalue weighted by Gasteiger charge is 2.42. The smallest absolute Gasteiger partial charge is 0.257 e. The van der Waals surface area contributed by atoms with Crippen LogP contribution in [0.3, 0.4) is 0 Å². The van der Waals surface area contributed by atoms with Gasteiger partial charge >= 0.3 is 0 Å². The predicted octanol–water partition coefficient (Wildman–Crippen LogP) is 2.64. The predicted molar refractivity (Wildman–Crippen MR) is 83.0 cm³/mol. The van der Waals surface area contributed by atoms with Crippen molar-refractivity contribution in [1.82, 2.24) is 9.80 Å². The summed E-state index contributed by atoms with van der Waals surface area (Å²) in [6.07, 6.45) is 5.88. The molecule has 2 amide bonds. The number of amides is 2. The van der Waals surface area contributed by atoms with E-state index in [1.54, 1.807) is 17.0 Å². The molecule has 6 heteroatoms. The van der Waals surface area contributed by atoms with Gasteiger partial charge in [0.05, 0.1) is 29.2 Å². The molecular formula is C17H20N2O4. The summed E-state index contributed by atoms with van der Waals surface area (Å²) < 4.78 is 10.0. The summed E-state index contributed by atoms with van der Waals surface area (Å²) >= 11 is 0. The summed E-state index contributed by atoms with van der Waals surface area (Å²) in [7, 11) is 0. The molecule has 1 aliphatic rings. The van der Waals surface area contributed by atoms with E-state index in [-0.39, 0.29) is 17.9 Å². The molecule has 3 rings (SSSR count). The molecule has 0 radical (unpaired) electrons. The molecule has 0 bridgehead atoms. The van der Waals surface area contributed by atoms with Crippen LogP contribution in [0.4, 0.5) is 0 Å². The van der Waals surface area contributed by atoms with Gasteiger partial charge in [-0.2, -0.15) is 0 Å². The molecule has 3 heterocycles. The summed E-state index contributed by atoms with van der Waals surface area (Å²) in [5, 5.41) is 0. The Kier molecular flexibility index (Phi) is 3.75.